The third-order valence-electron chi connectivity index (χ3n) is 4.59. The van der Waals surface area contributed by atoms with Crippen molar-refractivity contribution in [3.63, 3.8) is 0 Å². The van der Waals surface area contributed by atoms with E-state index in [1.165, 1.54) is 0 Å². The zero-order valence-corrected chi connectivity index (χ0v) is 16.4. The Morgan fingerprint density at radius 1 is 1.14 bits per heavy atom. The summed E-state index contributed by atoms with van der Waals surface area (Å²) in [6.45, 7) is 1.30. The second-order valence-corrected chi connectivity index (χ2v) is 6.96. The summed E-state index contributed by atoms with van der Waals surface area (Å²) in [6, 6.07) is 14.1. The fraction of sp³-hybridized carbons (Fsp3) is 0.364. The minimum absolute atomic E-state index is 0.112. The van der Waals surface area contributed by atoms with Gasteiger partial charge in [0.1, 0.15) is 18.1 Å². The van der Waals surface area contributed by atoms with Crippen LogP contribution in [0.2, 0.25) is 0 Å². The average Bonchev–Trinajstić information content (AvgIpc) is 3.25. The van der Waals surface area contributed by atoms with Gasteiger partial charge in [-0.1, -0.05) is 18.2 Å². The molecule has 7 nitrogen and oxygen atoms in total. The molecule has 1 aliphatic rings. The Kier molecular flexibility index (Phi) is 7.08. The maximum atomic E-state index is 12.8. The highest BCUT2D eigenvalue weighted by molar-refractivity contribution is 5.94. The zero-order chi connectivity index (χ0) is 20.6. The number of carbonyl (C=O) groups is 2. The third-order valence-corrected chi connectivity index (χ3v) is 4.59. The van der Waals surface area contributed by atoms with Crippen LogP contribution in [0.1, 0.15) is 28.8 Å². The van der Waals surface area contributed by atoms with Gasteiger partial charge in [0.25, 0.3) is 5.91 Å². The van der Waals surface area contributed by atoms with Crippen LogP contribution >= 0.6 is 0 Å². The second kappa shape index (κ2) is 9.93. The van der Waals surface area contributed by atoms with Gasteiger partial charge in [0.2, 0.25) is 0 Å². The summed E-state index contributed by atoms with van der Waals surface area (Å²) in [5.74, 6) is -0.0129. The first-order chi connectivity index (χ1) is 14.0. The topological polar surface area (TPSA) is 85.3 Å². The molecule has 3 rings (SSSR count). The minimum Gasteiger partial charge on any atom is -0.491 e. The quantitative estimate of drug-likeness (QED) is 0.698. The number of carbonyl (C=O) groups excluding carboxylic acids is 1. The van der Waals surface area contributed by atoms with E-state index < -0.39 is 5.97 Å². The molecule has 0 saturated carbocycles. The summed E-state index contributed by atoms with van der Waals surface area (Å²) in [7, 11) is 1.73. The van der Waals surface area contributed by atoms with E-state index in [-0.39, 0.29) is 18.6 Å². The molecule has 0 radical (unpaired) electrons. The van der Waals surface area contributed by atoms with E-state index in [2.05, 4.69) is 0 Å². The summed E-state index contributed by atoms with van der Waals surface area (Å²) < 4.78 is 16.4. The first-order valence-corrected chi connectivity index (χ1v) is 9.55. The monoisotopic (exact) mass is 399 g/mol. The van der Waals surface area contributed by atoms with Gasteiger partial charge in [0, 0.05) is 25.8 Å². The Balaban J connectivity index is 1.55. The standard InChI is InChI=1S/C22H25NO6/c1-23(13-16-7-9-18(10-8-16)29-15-21(24)25)22(26)17-4-2-5-19(12-17)28-14-20-6-3-11-27-20/h2,4-5,7-10,12,20H,3,6,11,13-15H2,1H3,(H,24,25). The van der Waals surface area contributed by atoms with Crippen molar-refractivity contribution in [2.24, 2.45) is 0 Å². The van der Waals surface area contributed by atoms with Gasteiger partial charge in [0.05, 0.1) is 6.10 Å². The van der Waals surface area contributed by atoms with E-state index in [1.54, 1.807) is 42.3 Å². The Bertz CT molecular complexity index is 829. The second-order valence-electron chi connectivity index (χ2n) is 6.96. The van der Waals surface area contributed by atoms with Crippen molar-refractivity contribution in [3.8, 4) is 11.5 Å². The van der Waals surface area contributed by atoms with Gasteiger partial charge < -0.3 is 24.2 Å². The molecule has 0 aliphatic carbocycles. The fourth-order valence-electron chi connectivity index (χ4n) is 3.09. The maximum Gasteiger partial charge on any atom is 0.341 e. The molecular weight excluding hydrogens is 374 g/mol. The Hall–Kier alpha value is -3.06. The Labute approximate surface area is 169 Å². The van der Waals surface area contributed by atoms with Crippen LogP contribution in [0.15, 0.2) is 48.5 Å². The van der Waals surface area contributed by atoms with Gasteiger partial charge in [-0.15, -0.1) is 0 Å². The third kappa shape index (κ3) is 6.22. The summed E-state index contributed by atoms with van der Waals surface area (Å²) in [5, 5.41) is 8.64. The van der Waals surface area contributed by atoms with Gasteiger partial charge in [-0.3, -0.25) is 4.79 Å². The fourth-order valence-corrected chi connectivity index (χ4v) is 3.09. The highest BCUT2D eigenvalue weighted by atomic mass is 16.5. The molecule has 29 heavy (non-hydrogen) atoms. The van der Waals surface area contributed by atoms with E-state index in [0.717, 1.165) is 25.0 Å². The number of benzene rings is 2. The number of ether oxygens (including phenoxy) is 3. The Morgan fingerprint density at radius 3 is 2.62 bits per heavy atom. The van der Waals surface area contributed by atoms with E-state index in [4.69, 9.17) is 19.3 Å². The number of carboxylic acid groups (broad SMARTS) is 1. The van der Waals surface area contributed by atoms with Crippen LogP contribution in [0.4, 0.5) is 0 Å². The van der Waals surface area contributed by atoms with Crippen LogP contribution in [-0.4, -0.2) is 54.9 Å². The van der Waals surface area contributed by atoms with Crippen LogP contribution in [0.25, 0.3) is 0 Å². The molecule has 2 aromatic carbocycles. The molecule has 0 aromatic heterocycles. The van der Waals surface area contributed by atoms with Gasteiger partial charge >= 0.3 is 5.97 Å². The summed E-state index contributed by atoms with van der Waals surface area (Å²) in [6.07, 6.45) is 2.19. The molecule has 1 atom stereocenters. The van der Waals surface area contributed by atoms with Crippen molar-refractivity contribution in [2.75, 3.05) is 26.9 Å². The lowest BCUT2D eigenvalue weighted by Crippen LogP contribution is -2.26. The van der Waals surface area contributed by atoms with Crippen LogP contribution in [0.3, 0.4) is 0 Å². The minimum atomic E-state index is -1.03. The first kappa shape index (κ1) is 20.7. The number of amides is 1. The van der Waals surface area contributed by atoms with Gasteiger partial charge in [-0.25, -0.2) is 4.79 Å². The molecule has 0 spiro atoms. The lowest BCUT2D eigenvalue weighted by atomic mass is 10.1. The normalized spacial score (nSPS) is 15.7. The molecule has 1 saturated heterocycles. The highest BCUT2D eigenvalue weighted by Crippen LogP contribution is 2.19. The molecule has 1 fully saturated rings. The molecule has 1 aliphatic heterocycles. The van der Waals surface area contributed by atoms with Crippen molar-refractivity contribution in [1.29, 1.82) is 0 Å². The van der Waals surface area contributed by atoms with Gasteiger partial charge in [-0.05, 0) is 48.7 Å². The molecule has 1 unspecified atom stereocenters. The van der Waals surface area contributed by atoms with Crippen molar-refractivity contribution in [2.45, 2.75) is 25.5 Å². The van der Waals surface area contributed by atoms with E-state index in [0.29, 0.717) is 30.2 Å². The van der Waals surface area contributed by atoms with Crippen molar-refractivity contribution in [3.05, 3.63) is 59.7 Å². The molecule has 7 heteroatoms. The lowest BCUT2D eigenvalue weighted by Gasteiger charge is -2.18. The number of carboxylic acids is 1. The summed E-state index contributed by atoms with van der Waals surface area (Å²) in [5.41, 5.74) is 1.47. The summed E-state index contributed by atoms with van der Waals surface area (Å²) in [4.78, 5) is 24.9. The zero-order valence-electron chi connectivity index (χ0n) is 16.4. The van der Waals surface area contributed by atoms with Crippen LogP contribution in [0, 0.1) is 0 Å². The molecule has 1 N–H and O–H groups in total. The molecule has 2 aromatic rings. The van der Waals surface area contributed by atoms with Crippen molar-refractivity contribution in [1.82, 2.24) is 4.90 Å². The predicted molar refractivity (Wildman–Crippen MR) is 106 cm³/mol. The van der Waals surface area contributed by atoms with E-state index in [1.807, 2.05) is 18.2 Å². The van der Waals surface area contributed by atoms with Crippen molar-refractivity contribution < 1.29 is 28.9 Å². The van der Waals surface area contributed by atoms with Gasteiger partial charge in [-0.2, -0.15) is 0 Å². The lowest BCUT2D eigenvalue weighted by molar-refractivity contribution is -0.139. The number of hydrogen-bond acceptors (Lipinski definition) is 5. The molecule has 154 valence electrons. The van der Waals surface area contributed by atoms with Crippen LogP contribution in [0.5, 0.6) is 11.5 Å². The average molecular weight is 399 g/mol. The molecule has 1 amide bonds. The highest BCUT2D eigenvalue weighted by Gasteiger charge is 2.17. The molecule has 0 bridgehead atoms. The van der Waals surface area contributed by atoms with Crippen molar-refractivity contribution >= 4 is 11.9 Å². The Morgan fingerprint density at radius 2 is 1.93 bits per heavy atom. The number of rotatable bonds is 9. The molecular formula is C22H25NO6. The SMILES string of the molecule is CN(Cc1ccc(OCC(=O)O)cc1)C(=O)c1cccc(OCC2CCCO2)c1. The number of hydrogen-bond donors (Lipinski definition) is 1. The van der Waals surface area contributed by atoms with E-state index in [9.17, 15) is 9.59 Å². The van der Waals surface area contributed by atoms with Crippen LogP contribution < -0.4 is 9.47 Å². The maximum absolute atomic E-state index is 12.8. The smallest absolute Gasteiger partial charge is 0.341 e. The number of nitrogens with zero attached hydrogens (tertiary/aromatic N) is 1. The number of aliphatic carboxylic acids is 1. The van der Waals surface area contributed by atoms with E-state index >= 15 is 0 Å². The summed E-state index contributed by atoms with van der Waals surface area (Å²) >= 11 is 0. The molecule has 1 heterocycles. The first-order valence-electron chi connectivity index (χ1n) is 9.55. The predicted octanol–water partition coefficient (Wildman–Crippen LogP) is 2.98. The van der Waals surface area contributed by atoms with Crippen LogP contribution in [-0.2, 0) is 16.1 Å². The largest absolute Gasteiger partial charge is 0.491 e. The van der Waals surface area contributed by atoms with Gasteiger partial charge in [0.15, 0.2) is 6.61 Å².